The number of hydrogen-bond donors (Lipinski definition) is 5. The monoisotopic (exact) mass is 748 g/mol. The molecular formula is C41H73N5O3S2. The lowest BCUT2D eigenvalue weighted by Crippen LogP contribution is -2.53. The number of amides is 2. The lowest BCUT2D eigenvalue weighted by atomic mass is 9.79. The predicted octanol–water partition coefficient (Wildman–Crippen LogP) is 8.35. The molecule has 10 heteroatoms. The first-order chi connectivity index (χ1) is 24.2. The molecule has 2 amide bonds. The molecule has 0 aliphatic heterocycles. The van der Waals surface area contributed by atoms with E-state index in [1.807, 2.05) is 24.3 Å². The van der Waals surface area contributed by atoms with Gasteiger partial charge in [0, 0.05) is 55.2 Å². The average molecular weight is 748 g/mol. The van der Waals surface area contributed by atoms with E-state index >= 15 is 0 Å². The first kappa shape index (κ1) is 47.2. The fourth-order valence-corrected chi connectivity index (χ4v) is 8.11. The zero-order chi connectivity index (χ0) is 38.3. The van der Waals surface area contributed by atoms with Gasteiger partial charge in [-0.25, -0.2) is 0 Å². The van der Waals surface area contributed by atoms with Crippen molar-refractivity contribution >= 4 is 33.4 Å². The van der Waals surface area contributed by atoms with Crippen LogP contribution < -0.4 is 27.0 Å². The van der Waals surface area contributed by atoms with E-state index in [-0.39, 0.29) is 40.1 Å². The fourth-order valence-electron chi connectivity index (χ4n) is 5.89. The van der Waals surface area contributed by atoms with Crippen molar-refractivity contribution in [3.63, 3.8) is 0 Å². The van der Waals surface area contributed by atoms with Crippen molar-refractivity contribution in [2.75, 3.05) is 45.6 Å². The second kappa shape index (κ2) is 26.0. The third-order valence-electron chi connectivity index (χ3n) is 9.39. The van der Waals surface area contributed by atoms with Crippen LogP contribution in [-0.2, 0) is 9.53 Å². The number of unbranched alkanes of at least 4 members (excludes halogenated alkanes) is 5. The van der Waals surface area contributed by atoms with E-state index in [0.29, 0.717) is 24.4 Å². The van der Waals surface area contributed by atoms with Crippen molar-refractivity contribution in [1.82, 2.24) is 21.3 Å². The van der Waals surface area contributed by atoms with E-state index in [0.717, 1.165) is 95.0 Å². The summed E-state index contributed by atoms with van der Waals surface area (Å²) in [7, 11) is 4.97. The topological polar surface area (TPSA) is 118 Å². The highest BCUT2D eigenvalue weighted by molar-refractivity contribution is 8.76. The molecule has 0 saturated carbocycles. The molecule has 1 aromatic rings. The van der Waals surface area contributed by atoms with Crippen molar-refractivity contribution in [2.45, 2.75) is 136 Å². The Labute approximate surface area is 319 Å². The highest BCUT2D eigenvalue weighted by atomic mass is 33.1. The Morgan fingerprint density at radius 3 is 2.08 bits per heavy atom. The summed E-state index contributed by atoms with van der Waals surface area (Å²) < 4.78 is 5.07. The van der Waals surface area contributed by atoms with Crippen molar-refractivity contribution in [2.24, 2.45) is 11.1 Å². The van der Waals surface area contributed by atoms with Gasteiger partial charge < -0.3 is 31.7 Å². The van der Waals surface area contributed by atoms with Gasteiger partial charge in [0.05, 0.1) is 5.75 Å². The minimum absolute atomic E-state index is 0.0368. The zero-order valence-electron chi connectivity index (χ0n) is 33.4. The van der Waals surface area contributed by atoms with Crippen LogP contribution in [0.5, 0.6) is 0 Å². The molecule has 0 radical (unpaired) electrons. The first-order valence-electron chi connectivity index (χ1n) is 19.2. The Morgan fingerprint density at radius 1 is 0.843 bits per heavy atom. The standard InChI is InChI=1S/C41H73N5O3S2/c1-11-43-36(20-14-16-26-42)32(3)41(8,9)46-37(31(2)40(5,6)7)21-15-18-28-45-39(48)35-24-22-34(23-25-35)33(4)51-50-30-38(47)44-27-17-12-13-19-29-49-10/h22-25,33,36-37,43,46H,2-3,11-21,26-30,42H2,1,4-10H3,(H,44,47)(H,45,48). The number of carbonyl (C=O) groups is 2. The maximum absolute atomic E-state index is 12.9. The molecule has 0 fully saturated rings. The molecule has 51 heavy (non-hydrogen) atoms. The van der Waals surface area contributed by atoms with E-state index in [2.05, 4.69) is 82.9 Å². The van der Waals surface area contributed by atoms with Gasteiger partial charge in [0.1, 0.15) is 0 Å². The SMILES string of the molecule is C=C(C(CCCCNC(=O)c1ccc(C(C)SSCC(=O)NCCCCCCOC)cc1)NC(C)(C)C(=C)C(CCCCN)NCC)C(C)(C)C. The number of benzene rings is 1. The Balaban J connectivity index is 2.56. The summed E-state index contributed by atoms with van der Waals surface area (Å²) >= 11 is 0. The second-order valence-electron chi connectivity index (χ2n) is 15.1. The molecule has 1 aromatic carbocycles. The van der Waals surface area contributed by atoms with E-state index < -0.39 is 0 Å². The molecule has 3 unspecified atom stereocenters. The van der Waals surface area contributed by atoms with Gasteiger partial charge in [-0.15, -0.1) is 0 Å². The number of nitrogens with one attached hydrogen (secondary N) is 4. The van der Waals surface area contributed by atoms with Gasteiger partial charge in [-0.3, -0.25) is 9.59 Å². The summed E-state index contributed by atoms with van der Waals surface area (Å²) in [5.41, 5.74) is 9.58. The number of nitrogens with two attached hydrogens (primary N) is 1. The van der Waals surface area contributed by atoms with Crippen molar-refractivity contribution in [3.8, 4) is 0 Å². The van der Waals surface area contributed by atoms with Crippen LogP contribution >= 0.6 is 21.6 Å². The minimum Gasteiger partial charge on any atom is -0.385 e. The second-order valence-corrected chi connectivity index (χ2v) is 17.9. The number of rotatable bonds is 29. The minimum atomic E-state index is -0.290. The van der Waals surface area contributed by atoms with Gasteiger partial charge in [-0.05, 0) is 107 Å². The van der Waals surface area contributed by atoms with Crippen molar-refractivity contribution < 1.29 is 14.3 Å². The van der Waals surface area contributed by atoms with Crippen LogP contribution in [-0.4, -0.2) is 75.1 Å². The van der Waals surface area contributed by atoms with Crippen LogP contribution in [0.3, 0.4) is 0 Å². The molecule has 0 heterocycles. The number of ether oxygens (including phenoxy) is 1. The summed E-state index contributed by atoms with van der Waals surface area (Å²) in [4.78, 5) is 25.1. The largest absolute Gasteiger partial charge is 0.385 e. The van der Waals surface area contributed by atoms with Crippen LogP contribution in [0.4, 0.5) is 0 Å². The summed E-state index contributed by atoms with van der Waals surface area (Å²) in [6, 6.07) is 8.17. The summed E-state index contributed by atoms with van der Waals surface area (Å²) in [6.45, 7) is 28.2. The van der Waals surface area contributed by atoms with Crippen LogP contribution in [0.2, 0.25) is 0 Å². The van der Waals surface area contributed by atoms with Crippen LogP contribution in [0.15, 0.2) is 48.6 Å². The lowest BCUT2D eigenvalue weighted by molar-refractivity contribution is -0.118. The number of carbonyl (C=O) groups excluding carboxylic acids is 2. The molecule has 0 aliphatic rings. The molecule has 6 N–H and O–H groups in total. The number of methoxy groups -OCH3 is 1. The van der Waals surface area contributed by atoms with Gasteiger partial charge in [-0.1, -0.05) is 99.4 Å². The van der Waals surface area contributed by atoms with Crippen LogP contribution in [0, 0.1) is 5.41 Å². The van der Waals surface area contributed by atoms with Crippen LogP contribution in [0.1, 0.15) is 134 Å². The molecule has 0 spiro atoms. The molecule has 0 saturated heterocycles. The molecule has 0 bridgehead atoms. The number of hydrogen-bond acceptors (Lipinski definition) is 8. The Bertz CT molecular complexity index is 1150. The first-order valence-corrected chi connectivity index (χ1v) is 21.6. The molecule has 0 aliphatic carbocycles. The molecule has 3 atom stereocenters. The van der Waals surface area contributed by atoms with Crippen LogP contribution in [0.25, 0.3) is 0 Å². The highest BCUT2D eigenvalue weighted by Crippen LogP contribution is 2.37. The highest BCUT2D eigenvalue weighted by Gasteiger charge is 2.32. The Morgan fingerprint density at radius 2 is 1.45 bits per heavy atom. The van der Waals surface area contributed by atoms with Gasteiger partial charge in [-0.2, -0.15) is 0 Å². The third-order valence-corrected chi connectivity index (χ3v) is 12.1. The Kier molecular flexibility index (Phi) is 24.1. The van der Waals surface area contributed by atoms with E-state index in [1.165, 1.54) is 5.57 Å². The molecular weight excluding hydrogens is 675 g/mol. The van der Waals surface area contributed by atoms with Crippen molar-refractivity contribution in [1.29, 1.82) is 0 Å². The van der Waals surface area contributed by atoms with Gasteiger partial charge in [0.15, 0.2) is 0 Å². The fraction of sp³-hybridized carbons (Fsp3) is 0.707. The molecule has 8 nitrogen and oxygen atoms in total. The maximum Gasteiger partial charge on any atom is 0.251 e. The predicted molar refractivity (Wildman–Crippen MR) is 224 cm³/mol. The van der Waals surface area contributed by atoms with Gasteiger partial charge >= 0.3 is 0 Å². The van der Waals surface area contributed by atoms with Gasteiger partial charge in [0.2, 0.25) is 5.91 Å². The van der Waals surface area contributed by atoms with Crippen molar-refractivity contribution in [3.05, 3.63) is 59.7 Å². The molecule has 0 aromatic heterocycles. The summed E-state index contributed by atoms with van der Waals surface area (Å²) in [5, 5.41) is 13.9. The summed E-state index contributed by atoms with van der Waals surface area (Å²) in [5.74, 6) is 0.453. The van der Waals surface area contributed by atoms with E-state index in [4.69, 9.17) is 10.5 Å². The van der Waals surface area contributed by atoms with Gasteiger partial charge in [0.25, 0.3) is 5.91 Å². The quantitative estimate of drug-likeness (QED) is 0.0316. The number of likely N-dealkylation sites (N-methyl/N-ethyl adjacent to an activating group) is 1. The summed E-state index contributed by atoms with van der Waals surface area (Å²) in [6.07, 6.45) is 10.2. The van der Waals surface area contributed by atoms with E-state index in [9.17, 15) is 9.59 Å². The molecule has 1 rings (SSSR count). The molecule has 292 valence electrons. The Hall–Kier alpha value is -1.82. The van der Waals surface area contributed by atoms with E-state index in [1.54, 1.807) is 28.7 Å². The third kappa shape index (κ3) is 19.7. The lowest BCUT2D eigenvalue weighted by Gasteiger charge is -2.40. The zero-order valence-corrected chi connectivity index (χ0v) is 35.0. The maximum atomic E-state index is 12.9. The normalized spacial score (nSPS) is 13.7. The average Bonchev–Trinajstić information content (AvgIpc) is 3.09. The smallest absolute Gasteiger partial charge is 0.251 e.